The topological polar surface area (TPSA) is 50.7 Å². The number of benzene rings is 1. The van der Waals surface area contributed by atoms with Crippen LogP contribution in [0.2, 0.25) is 0 Å². The molecule has 122 valence electrons. The van der Waals surface area contributed by atoms with Gasteiger partial charge in [0.05, 0.1) is 19.8 Å². The average Bonchev–Trinajstić information content (AvgIpc) is 3.25. The van der Waals surface area contributed by atoms with E-state index in [0.717, 1.165) is 31.2 Å². The molecular formula is C18H27NO3. The summed E-state index contributed by atoms with van der Waals surface area (Å²) in [7, 11) is 1.68. The minimum atomic E-state index is -0.356. The predicted octanol–water partition coefficient (Wildman–Crippen LogP) is 2.56. The zero-order valence-electron chi connectivity index (χ0n) is 13.8. The van der Waals surface area contributed by atoms with E-state index in [-0.39, 0.29) is 17.4 Å². The first kappa shape index (κ1) is 15.6. The van der Waals surface area contributed by atoms with Gasteiger partial charge in [0.1, 0.15) is 0 Å². The van der Waals surface area contributed by atoms with Crippen LogP contribution in [-0.4, -0.2) is 38.0 Å². The van der Waals surface area contributed by atoms with Gasteiger partial charge in [0, 0.05) is 24.4 Å². The molecule has 2 N–H and O–H groups in total. The molecule has 4 heteroatoms. The molecule has 0 aromatic heterocycles. The number of methoxy groups -OCH3 is 1. The minimum absolute atomic E-state index is 0.150. The summed E-state index contributed by atoms with van der Waals surface area (Å²) in [6, 6.07) is 6.18. The third-order valence-corrected chi connectivity index (χ3v) is 5.37. The van der Waals surface area contributed by atoms with Crippen LogP contribution in [0, 0.1) is 11.3 Å². The van der Waals surface area contributed by atoms with Crippen molar-refractivity contribution in [3.05, 3.63) is 23.8 Å². The molecule has 1 saturated heterocycles. The summed E-state index contributed by atoms with van der Waals surface area (Å²) in [6.45, 7) is 6.52. The van der Waals surface area contributed by atoms with Crippen molar-refractivity contribution in [3.63, 3.8) is 0 Å². The molecule has 1 aliphatic heterocycles. The first-order chi connectivity index (χ1) is 10.5. The Balaban J connectivity index is 1.84. The lowest BCUT2D eigenvalue weighted by Crippen LogP contribution is -2.36. The van der Waals surface area contributed by atoms with Crippen LogP contribution < -0.4 is 14.8 Å². The van der Waals surface area contributed by atoms with Crippen molar-refractivity contribution in [2.24, 2.45) is 11.3 Å². The van der Waals surface area contributed by atoms with Crippen molar-refractivity contribution in [2.45, 2.75) is 38.7 Å². The van der Waals surface area contributed by atoms with Gasteiger partial charge in [0.25, 0.3) is 0 Å². The highest BCUT2D eigenvalue weighted by atomic mass is 16.5. The number of hydrogen-bond acceptors (Lipinski definition) is 4. The molecule has 0 amide bonds. The van der Waals surface area contributed by atoms with E-state index in [1.807, 2.05) is 13.0 Å². The van der Waals surface area contributed by atoms with E-state index < -0.39 is 0 Å². The fourth-order valence-corrected chi connectivity index (χ4v) is 3.29. The lowest BCUT2D eigenvalue weighted by Gasteiger charge is -2.34. The zero-order chi connectivity index (χ0) is 15.7. The molecule has 1 aliphatic carbocycles. The average molecular weight is 305 g/mol. The normalized spacial score (nSPS) is 29.4. The molecule has 0 unspecified atom stereocenters. The van der Waals surface area contributed by atoms with Crippen LogP contribution in [0.1, 0.15) is 38.2 Å². The largest absolute Gasteiger partial charge is 0.493 e. The van der Waals surface area contributed by atoms with Gasteiger partial charge in [0.15, 0.2) is 11.5 Å². The van der Waals surface area contributed by atoms with Crippen LogP contribution in [0.25, 0.3) is 0 Å². The fraction of sp³-hybridized carbons (Fsp3) is 0.667. The number of aliphatic hydroxyl groups is 1. The van der Waals surface area contributed by atoms with Crippen molar-refractivity contribution >= 4 is 0 Å². The molecule has 3 atom stereocenters. The molecule has 4 nitrogen and oxygen atoms in total. The summed E-state index contributed by atoms with van der Waals surface area (Å²) in [5.41, 5.74) is 1.06. The lowest BCUT2D eigenvalue weighted by molar-refractivity contribution is 0.0549. The SMILES string of the molecule is COc1ccc([C@@H]2CNC[C@@]2(C)[C@@H](C)O)cc1OCC1CC1. The maximum atomic E-state index is 10.2. The number of rotatable bonds is 6. The Morgan fingerprint density at radius 1 is 1.36 bits per heavy atom. The van der Waals surface area contributed by atoms with Crippen molar-refractivity contribution in [3.8, 4) is 11.5 Å². The van der Waals surface area contributed by atoms with Gasteiger partial charge < -0.3 is 19.9 Å². The second-order valence-electron chi connectivity index (χ2n) is 7.03. The second-order valence-corrected chi connectivity index (χ2v) is 7.03. The van der Waals surface area contributed by atoms with Gasteiger partial charge in [-0.25, -0.2) is 0 Å². The predicted molar refractivity (Wildman–Crippen MR) is 86.6 cm³/mol. The third-order valence-electron chi connectivity index (χ3n) is 5.37. The molecule has 2 fully saturated rings. The molecular weight excluding hydrogens is 278 g/mol. The molecule has 22 heavy (non-hydrogen) atoms. The van der Waals surface area contributed by atoms with Gasteiger partial charge in [-0.3, -0.25) is 0 Å². The van der Waals surface area contributed by atoms with E-state index in [4.69, 9.17) is 9.47 Å². The van der Waals surface area contributed by atoms with Crippen LogP contribution in [0.4, 0.5) is 0 Å². The Labute approximate surface area is 132 Å². The van der Waals surface area contributed by atoms with Gasteiger partial charge in [0.2, 0.25) is 0 Å². The Bertz CT molecular complexity index is 527. The fourth-order valence-electron chi connectivity index (χ4n) is 3.29. The van der Waals surface area contributed by atoms with Gasteiger partial charge in [-0.1, -0.05) is 13.0 Å². The Morgan fingerprint density at radius 3 is 2.77 bits per heavy atom. The van der Waals surface area contributed by atoms with Crippen LogP contribution in [0.5, 0.6) is 11.5 Å². The second kappa shape index (κ2) is 6.09. The summed E-state index contributed by atoms with van der Waals surface area (Å²) < 4.78 is 11.4. The highest BCUT2D eigenvalue weighted by Crippen LogP contribution is 2.44. The Kier molecular flexibility index (Phi) is 4.33. The lowest BCUT2D eigenvalue weighted by atomic mass is 9.72. The minimum Gasteiger partial charge on any atom is -0.493 e. The van der Waals surface area contributed by atoms with Crippen LogP contribution >= 0.6 is 0 Å². The van der Waals surface area contributed by atoms with E-state index >= 15 is 0 Å². The summed E-state index contributed by atoms with van der Waals surface area (Å²) in [6.07, 6.45) is 2.19. The molecule has 0 spiro atoms. The van der Waals surface area contributed by atoms with Crippen molar-refractivity contribution < 1.29 is 14.6 Å². The summed E-state index contributed by atoms with van der Waals surface area (Å²) in [5, 5.41) is 13.6. The van der Waals surface area contributed by atoms with Crippen molar-refractivity contribution in [1.29, 1.82) is 0 Å². The van der Waals surface area contributed by atoms with E-state index in [1.54, 1.807) is 7.11 Å². The van der Waals surface area contributed by atoms with Gasteiger partial charge in [-0.05, 0) is 43.4 Å². The molecule has 1 saturated carbocycles. The zero-order valence-corrected chi connectivity index (χ0v) is 13.8. The van der Waals surface area contributed by atoms with Gasteiger partial charge in [-0.2, -0.15) is 0 Å². The maximum Gasteiger partial charge on any atom is 0.161 e. The van der Waals surface area contributed by atoms with Gasteiger partial charge in [-0.15, -0.1) is 0 Å². The van der Waals surface area contributed by atoms with Gasteiger partial charge >= 0.3 is 0 Å². The van der Waals surface area contributed by atoms with E-state index in [1.165, 1.54) is 18.4 Å². The molecule has 1 aromatic rings. The molecule has 1 aromatic carbocycles. The number of ether oxygens (including phenoxy) is 2. The molecule has 1 heterocycles. The quantitative estimate of drug-likeness (QED) is 0.848. The number of hydrogen-bond donors (Lipinski definition) is 2. The molecule has 0 bridgehead atoms. The first-order valence-electron chi connectivity index (χ1n) is 8.24. The van der Waals surface area contributed by atoms with E-state index in [0.29, 0.717) is 5.92 Å². The van der Waals surface area contributed by atoms with Crippen LogP contribution in [0.3, 0.4) is 0 Å². The molecule has 0 radical (unpaired) electrons. The molecule has 2 aliphatic rings. The molecule has 3 rings (SSSR count). The van der Waals surface area contributed by atoms with Crippen LogP contribution in [-0.2, 0) is 0 Å². The highest BCUT2D eigenvalue weighted by Gasteiger charge is 2.43. The Hall–Kier alpha value is -1.26. The summed E-state index contributed by atoms with van der Waals surface area (Å²) in [4.78, 5) is 0. The summed E-state index contributed by atoms with van der Waals surface area (Å²) in [5.74, 6) is 2.60. The van der Waals surface area contributed by atoms with Crippen molar-refractivity contribution in [1.82, 2.24) is 5.32 Å². The smallest absolute Gasteiger partial charge is 0.161 e. The van der Waals surface area contributed by atoms with Crippen LogP contribution in [0.15, 0.2) is 18.2 Å². The first-order valence-corrected chi connectivity index (χ1v) is 8.24. The third kappa shape index (κ3) is 2.95. The number of aliphatic hydroxyl groups excluding tert-OH is 1. The Morgan fingerprint density at radius 2 is 2.14 bits per heavy atom. The summed E-state index contributed by atoms with van der Waals surface area (Å²) >= 11 is 0. The van der Waals surface area contributed by atoms with E-state index in [9.17, 15) is 5.11 Å². The maximum absolute atomic E-state index is 10.2. The van der Waals surface area contributed by atoms with E-state index in [2.05, 4.69) is 24.4 Å². The number of nitrogens with one attached hydrogen (secondary N) is 1. The standard InChI is InChI=1S/C18H27NO3/c1-12(20)18(2)11-19-9-15(18)14-6-7-16(21-3)17(8-14)22-10-13-4-5-13/h6-8,12-13,15,19-20H,4-5,9-11H2,1-3H3/t12-,15+,18+/m1/s1. The highest BCUT2D eigenvalue weighted by molar-refractivity contribution is 5.45. The van der Waals surface area contributed by atoms with Crippen molar-refractivity contribution in [2.75, 3.05) is 26.8 Å². The monoisotopic (exact) mass is 305 g/mol.